The van der Waals surface area contributed by atoms with Crippen molar-refractivity contribution >= 4 is 11.9 Å². The van der Waals surface area contributed by atoms with Gasteiger partial charge in [0.25, 0.3) is 5.91 Å². The smallest absolute Gasteiger partial charge is 0.308 e. The van der Waals surface area contributed by atoms with Gasteiger partial charge in [-0.15, -0.1) is 0 Å². The Morgan fingerprint density at radius 1 is 1.42 bits per heavy atom. The molecule has 0 aliphatic carbocycles. The summed E-state index contributed by atoms with van der Waals surface area (Å²) in [6, 6.07) is 1.86. The van der Waals surface area contributed by atoms with E-state index in [9.17, 15) is 9.59 Å². The summed E-state index contributed by atoms with van der Waals surface area (Å²) in [5, 5.41) is 8.88. The minimum atomic E-state index is -0.890. The van der Waals surface area contributed by atoms with Gasteiger partial charge < -0.3 is 14.6 Å². The Morgan fingerprint density at radius 3 is 2.42 bits per heavy atom. The summed E-state index contributed by atoms with van der Waals surface area (Å²) in [5.41, 5.74) is 2.63. The average molecular weight is 266 g/mol. The van der Waals surface area contributed by atoms with E-state index in [4.69, 9.17) is 5.11 Å². The predicted molar refractivity (Wildman–Crippen MR) is 73.3 cm³/mol. The summed E-state index contributed by atoms with van der Waals surface area (Å²) in [6.45, 7) is 8.54. The molecule has 1 unspecified atom stereocenters. The number of carboxylic acid groups (broad SMARTS) is 1. The second-order valence-corrected chi connectivity index (χ2v) is 4.95. The van der Waals surface area contributed by atoms with Gasteiger partial charge in [-0.25, -0.2) is 0 Å². The van der Waals surface area contributed by atoms with Gasteiger partial charge in [-0.1, -0.05) is 6.92 Å². The monoisotopic (exact) mass is 266 g/mol. The largest absolute Gasteiger partial charge is 0.481 e. The highest BCUT2D eigenvalue weighted by Gasteiger charge is 2.21. The van der Waals surface area contributed by atoms with Gasteiger partial charge in [0.05, 0.1) is 11.5 Å². The lowest BCUT2D eigenvalue weighted by Crippen LogP contribution is -2.33. The molecular formula is C14H22N2O3. The first kappa shape index (κ1) is 15.3. The van der Waals surface area contributed by atoms with E-state index in [1.54, 1.807) is 14.0 Å². The van der Waals surface area contributed by atoms with E-state index in [0.717, 1.165) is 17.9 Å². The zero-order valence-corrected chi connectivity index (χ0v) is 12.2. The molecule has 106 valence electrons. The fourth-order valence-corrected chi connectivity index (χ4v) is 2.28. The van der Waals surface area contributed by atoms with Crippen LogP contribution in [0.25, 0.3) is 0 Å². The van der Waals surface area contributed by atoms with E-state index in [1.807, 2.05) is 26.8 Å². The third-order valence-electron chi connectivity index (χ3n) is 3.44. The lowest BCUT2D eigenvalue weighted by molar-refractivity contribution is -0.141. The molecule has 0 aliphatic rings. The minimum absolute atomic E-state index is 0.124. The van der Waals surface area contributed by atoms with Crippen molar-refractivity contribution in [2.75, 3.05) is 13.6 Å². The standard InChI is InChI=1S/C14H22N2O3/c1-6-16-10(3)7-12(11(16)4)13(17)15(5)8-9(2)14(18)19/h7,9H,6,8H2,1-5H3,(H,18,19). The summed E-state index contributed by atoms with van der Waals surface area (Å²) >= 11 is 0. The van der Waals surface area contributed by atoms with Crippen LogP contribution in [0.2, 0.25) is 0 Å². The van der Waals surface area contributed by atoms with Gasteiger partial charge in [0.15, 0.2) is 0 Å². The van der Waals surface area contributed by atoms with Crippen molar-refractivity contribution in [2.45, 2.75) is 34.2 Å². The number of aliphatic carboxylic acids is 1. The van der Waals surface area contributed by atoms with Gasteiger partial charge in [-0.05, 0) is 26.8 Å². The summed E-state index contributed by atoms with van der Waals surface area (Å²) in [7, 11) is 1.64. The Hall–Kier alpha value is -1.78. The third kappa shape index (κ3) is 3.16. The maximum atomic E-state index is 12.3. The lowest BCUT2D eigenvalue weighted by atomic mass is 10.1. The number of amides is 1. The van der Waals surface area contributed by atoms with Gasteiger partial charge in [-0.3, -0.25) is 9.59 Å². The molecule has 1 amide bonds. The normalized spacial score (nSPS) is 12.3. The van der Waals surface area contributed by atoms with E-state index >= 15 is 0 Å². The number of carbonyl (C=O) groups is 2. The second-order valence-electron chi connectivity index (χ2n) is 4.95. The van der Waals surface area contributed by atoms with Crippen LogP contribution in [0.3, 0.4) is 0 Å². The fraction of sp³-hybridized carbons (Fsp3) is 0.571. The zero-order chi connectivity index (χ0) is 14.7. The van der Waals surface area contributed by atoms with Crippen molar-refractivity contribution in [1.29, 1.82) is 0 Å². The van der Waals surface area contributed by atoms with Crippen LogP contribution in [0.15, 0.2) is 6.07 Å². The SMILES string of the molecule is CCn1c(C)cc(C(=O)N(C)CC(C)C(=O)O)c1C. The first-order valence-corrected chi connectivity index (χ1v) is 6.44. The molecule has 1 atom stereocenters. The van der Waals surface area contributed by atoms with Gasteiger partial charge >= 0.3 is 5.97 Å². The van der Waals surface area contributed by atoms with E-state index in [-0.39, 0.29) is 12.5 Å². The van der Waals surface area contributed by atoms with Crippen molar-refractivity contribution in [3.05, 3.63) is 23.0 Å². The quantitative estimate of drug-likeness (QED) is 0.885. The molecule has 0 aromatic carbocycles. The van der Waals surface area contributed by atoms with Crippen LogP contribution in [0, 0.1) is 19.8 Å². The first-order chi connectivity index (χ1) is 8.79. The maximum absolute atomic E-state index is 12.3. The van der Waals surface area contributed by atoms with E-state index in [2.05, 4.69) is 4.57 Å². The van der Waals surface area contributed by atoms with Gasteiger partial charge in [0, 0.05) is 31.5 Å². The molecule has 0 bridgehead atoms. The number of hydrogen-bond donors (Lipinski definition) is 1. The lowest BCUT2D eigenvalue weighted by Gasteiger charge is -2.19. The Labute approximate surface area is 113 Å². The maximum Gasteiger partial charge on any atom is 0.308 e. The van der Waals surface area contributed by atoms with E-state index in [1.165, 1.54) is 4.90 Å². The molecule has 0 saturated carbocycles. The van der Waals surface area contributed by atoms with Crippen molar-refractivity contribution < 1.29 is 14.7 Å². The second kappa shape index (κ2) is 5.91. The number of nitrogens with zero attached hydrogens (tertiary/aromatic N) is 2. The molecular weight excluding hydrogens is 244 g/mol. The average Bonchev–Trinajstić information content (AvgIpc) is 2.63. The number of rotatable bonds is 5. The Bertz CT molecular complexity index is 491. The molecule has 0 aliphatic heterocycles. The highest BCUT2D eigenvalue weighted by Crippen LogP contribution is 2.17. The third-order valence-corrected chi connectivity index (χ3v) is 3.44. The number of aryl methyl sites for hydroxylation is 1. The van der Waals surface area contributed by atoms with Gasteiger partial charge in [0.2, 0.25) is 0 Å². The highest BCUT2D eigenvalue weighted by molar-refractivity contribution is 5.95. The molecule has 19 heavy (non-hydrogen) atoms. The first-order valence-electron chi connectivity index (χ1n) is 6.44. The van der Waals surface area contributed by atoms with Crippen LogP contribution in [0.1, 0.15) is 35.6 Å². The molecule has 1 aromatic rings. The summed E-state index contributed by atoms with van der Waals surface area (Å²) in [5.74, 6) is -1.58. The topological polar surface area (TPSA) is 62.5 Å². The van der Waals surface area contributed by atoms with Crippen LogP contribution in [-0.4, -0.2) is 40.0 Å². The molecule has 0 radical (unpaired) electrons. The van der Waals surface area contributed by atoms with Crippen molar-refractivity contribution in [3.63, 3.8) is 0 Å². The molecule has 5 heteroatoms. The summed E-state index contributed by atoms with van der Waals surface area (Å²) in [6.07, 6.45) is 0. The van der Waals surface area contributed by atoms with Crippen molar-refractivity contribution in [3.8, 4) is 0 Å². The molecule has 0 fully saturated rings. The van der Waals surface area contributed by atoms with Crippen molar-refractivity contribution in [2.24, 2.45) is 5.92 Å². The zero-order valence-electron chi connectivity index (χ0n) is 12.2. The molecule has 1 heterocycles. The Kier molecular flexibility index (Phi) is 4.75. The molecule has 1 N–H and O–H groups in total. The number of carbonyl (C=O) groups excluding carboxylic acids is 1. The van der Waals surface area contributed by atoms with E-state index < -0.39 is 11.9 Å². The number of hydrogen-bond acceptors (Lipinski definition) is 2. The van der Waals surface area contributed by atoms with E-state index in [0.29, 0.717) is 5.56 Å². The van der Waals surface area contributed by atoms with Crippen molar-refractivity contribution in [1.82, 2.24) is 9.47 Å². The highest BCUT2D eigenvalue weighted by atomic mass is 16.4. The van der Waals surface area contributed by atoms with Crippen LogP contribution >= 0.6 is 0 Å². The molecule has 5 nitrogen and oxygen atoms in total. The van der Waals surface area contributed by atoms with Crippen LogP contribution < -0.4 is 0 Å². The molecule has 1 rings (SSSR count). The fourth-order valence-electron chi connectivity index (χ4n) is 2.28. The molecule has 1 aromatic heterocycles. The van der Waals surface area contributed by atoms with Gasteiger partial charge in [-0.2, -0.15) is 0 Å². The van der Waals surface area contributed by atoms with Crippen LogP contribution in [-0.2, 0) is 11.3 Å². The number of carboxylic acids is 1. The Balaban J connectivity index is 2.92. The minimum Gasteiger partial charge on any atom is -0.481 e. The van der Waals surface area contributed by atoms with Gasteiger partial charge in [0.1, 0.15) is 0 Å². The Morgan fingerprint density at radius 2 is 2.00 bits per heavy atom. The number of aromatic nitrogens is 1. The van der Waals surface area contributed by atoms with Crippen LogP contribution in [0.5, 0.6) is 0 Å². The van der Waals surface area contributed by atoms with Crippen LogP contribution in [0.4, 0.5) is 0 Å². The predicted octanol–water partition coefficient (Wildman–Crippen LogP) is 1.92. The molecule has 0 spiro atoms. The summed E-state index contributed by atoms with van der Waals surface area (Å²) < 4.78 is 2.07. The summed E-state index contributed by atoms with van der Waals surface area (Å²) in [4.78, 5) is 24.6. The molecule has 0 saturated heterocycles.